The van der Waals surface area contributed by atoms with Gasteiger partial charge in [0.15, 0.2) is 11.5 Å². The zero-order valence-electron chi connectivity index (χ0n) is 18.4. The maximum atomic E-state index is 13.6. The monoisotopic (exact) mass is 452 g/mol. The van der Waals surface area contributed by atoms with Crippen LogP contribution in [0, 0.1) is 0 Å². The molecule has 0 radical (unpaired) electrons. The first kappa shape index (κ1) is 21.8. The molecule has 0 atom stereocenters. The number of nitrogens with zero attached hydrogens (tertiary/aromatic N) is 2. The van der Waals surface area contributed by atoms with E-state index in [4.69, 9.17) is 19.2 Å². The van der Waals surface area contributed by atoms with Crippen LogP contribution in [0.5, 0.6) is 17.2 Å². The minimum Gasteiger partial charge on any atom is -0.493 e. The fourth-order valence-electron chi connectivity index (χ4n) is 3.74. The Balaban J connectivity index is 2.10. The lowest BCUT2D eigenvalue weighted by Crippen LogP contribution is -2.27. The summed E-state index contributed by atoms with van der Waals surface area (Å²) in [5, 5.41) is 0.660. The molecule has 0 aliphatic heterocycles. The van der Waals surface area contributed by atoms with Crippen LogP contribution in [0.2, 0.25) is 0 Å². The van der Waals surface area contributed by atoms with Crippen LogP contribution in [0.15, 0.2) is 46.0 Å². The first-order chi connectivity index (χ1) is 15.5. The number of ether oxygens (including phenoxy) is 3. The Kier molecular flexibility index (Phi) is 6.14. The van der Waals surface area contributed by atoms with Crippen molar-refractivity contribution in [1.82, 2.24) is 9.55 Å². The third-order valence-corrected chi connectivity index (χ3v) is 6.42. The van der Waals surface area contributed by atoms with E-state index in [0.717, 1.165) is 17.5 Å². The normalized spacial score (nSPS) is 11.1. The van der Waals surface area contributed by atoms with Gasteiger partial charge in [0.25, 0.3) is 5.56 Å². The van der Waals surface area contributed by atoms with Crippen LogP contribution in [0.25, 0.3) is 31.7 Å². The van der Waals surface area contributed by atoms with Gasteiger partial charge >= 0.3 is 0 Å². The first-order valence-corrected chi connectivity index (χ1v) is 11.1. The topological polar surface area (TPSA) is 79.7 Å². The molecule has 2 aromatic carbocycles. The summed E-state index contributed by atoms with van der Waals surface area (Å²) in [6, 6.07) is 10.8. The fourth-order valence-corrected chi connectivity index (χ4v) is 4.78. The number of aromatic nitrogens is 2. The maximum absolute atomic E-state index is 13.6. The summed E-state index contributed by atoms with van der Waals surface area (Å²) < 4.78 is 18.8. The van der Waals surface area contributed by atoms with Gasteiger partial charge in [-0.25, -0.2) is 4.98 Å². The van der Waals surface area contributed by atoms with Crippen LogP contribution in [0.3, 0.4) is 0 Å². The number of rotatable bonds is 7. The van der Waals surface area contributed by atoms with Gasteiger partial charge in [-0.05, 0) is 30.7 Å². The van der Waals surface area contributed by atoms with E-state index in [1.807, 2.05) is 19.1 Å². The highest BCUT2D eigenvalue weighted by Gasteiger charge is 2.21. The van der Waals surface area contributed by atoms with E-state index < -0.39 is 0 Å². The van der Waals surface area contributed by atoms with E-state index in [0.29, 0.717) is 45.4 Å². The molecule has 32 heavy (non-hydrogen) atoms. The van der Waals surface area contributed by atoms with Gasteiger partial charge in [0, 0.05) is 22.2 Å². The zero-order valence-corrected chi connectivity index (χ0v) is 19.2. The van der Waals surface area contributed by atoms with Crippen molar-refractivity contribution in [3.05, 3.63) is 57.0 Å². The molecule has 4 aromatic rings. The summed E-state index contributed by atoms with van der Waals surface area (Å²) >= 11 is 1.34. The largest absolute Gasteiger partial charge is 0.493 e. The average Bonchev–Trinajstić information content (AvgIpc) is 2.82. The molecule has 8 heteroatoms. The van der Waals surface area contributed by atoms with Crippen LogP contribution >= 0.6 is 11.3 Å². The molecule has 0 amide bonds. The van der Waals surface area contributed by atoms with Crippen LogP contribution in [0.4, 0.5) is 0 Å². The molecule has 2 heterocycles. The highest BCUT2D eigenvalue weighted by atomic mass is 32.1. The van der Waals surface area contributed by atoms with Crippen molar-refractivity contribution in [2.45, 2.75) is 26.3 Å². The lowest BCUT2D eigenvalue weighted by Gasteiger charge is -2.17. The quantitative estimate of drug-likeness (QED) is 0.385. The van der Waals surface area contributed by atoms with E-state index >= 15 is 0 Å². The van der Waals surface area contributed by atoms with E-state index in [1.165, 1.54) is 32.7 Å². The van der Waals surface area contributed by atoms with Crippen molar-refractivity contribution in [3.63, 3.8) is 0 Å². The first-order valence-electron chi connectivity index (χ1n) is 10.3. The number of hydrogen-bond donors (Lipinski definition) is 0. The Morgan fingerprint density at radius 2 is 1.69 bits per heavy atom. The minimum absolute atomic E-state index is 0.126. The van der Waals surface area contributed by atoms with Crippen LogP contribution < -0.4 is 25.2 Å². The summed E-state index contributed by atoms with van der Waals surface area (Å²) in [4.78, 5) is 31.9. The van der Waals surface area contributed by atoms with E-state index in [2.05, 4.69) is 0 Å². The summed E-state index contributed by atoms with van der Waals surface area (Å²) in [5.41, 5.74) is 0.0233. The van der Waals surface area contributed by atoms with E-state index in [9.17, 15) is 9.59 Å². The second-order valence-electron chi connectivity index (χ2n) is 7.27. The third kappa shape index (κ3) is 3.60. The van der Waals surface area contributed by atoms with Crippen LogP contribution in [0.1, 0.15) is 19.8 Å². The Hall–Kier alpha value is -3.39. The number of hydrogen-bond acceptors (Lipinski definition) is 7. The average molecular weight is 453 g/mol. The maximum Gasteiger partial charge on any atom is 0.266 e. The SMILES string of the molecule is CCCCn1c(-c2cc(OC)c(OC)c(OC)c2)nc2sc3ccccc3c(=O)c2c1=O. The van der Waals surface area contributed by atoms with E-state index in [-0.39, 0.29) is 16.4 Å². The summed E-state index contributed by atoms with van der Waals surface area (Å²) in [6.45, 7) is 2.49. The molecule has 166 valence electrons. The Morgan fingerprint density at radius 1 is 1.00 bits per heavy atom. The van der Waals surface area contributed by atoms with Crippen molar-refractivity contribution in [2.24, 2.45) is 0 Å². The molecule has 0 aliphatic carbocycles. The van der Waals surface area contributed by atoms with Gasteiger partial charge < -0.3 is 14.2 Å². The molecule has 0 bridgehead atoms. The van der Waals surface area contributed by atoms with Crippen molar-refractivity contribution >= 4 is 31.6 Å². The zero-order chi connectivity index (χ0) is 22.8. The lowest BCUT2D eigenvalue weighted by molar-refractivity contribution is 0.324. The number of benzene rings is 2. The summed E-state index contributed by atoms with van der Waals surface area (Å²) in [5.74, 6) is 1.84. The molecule has 0 aliphatic rings. The second-order valence-corrected chi connectivity index (χ2v) is 8.30. The van der Waals surface area contributed by atoms with Crippen molar-refractivity contribution < 1.29 is 14.2 Å². The molecular weight excluding hydrogens is 428 g/mol. The number of fused-ring (bicyclic) bond motifs is 2. The van der Waals surface area contributed by atoms with Gasteiger partial charge in [-0.15, -0.1) is 11.3 Å². The van der Waals surface area contributed by atoms with E-state index in [1.54, 1.807) is 28.8 Å². The molecule has 0 unspecified atom stereocenters. The minimum atomic E-state index is -0.334. The van der Waals surface area contributed by atoms with Gasteiger partial charge in [-0.2, -0.15) is 0 Å². The molecule has 4 rings (SSSR count). The molecule has 0 spiro atoms. The van der Waals surface area contributed by atoms with Gasteiger partial charge in [0.1, 0.15) is 16.0 Å². The molecule has 7 nitrogen and oxygen atoms in total. The molecule has 0 saturated carbocycles. The van der Waals surface area contributed by atoms with Gasteiger partial charge in [-0.3, -0.25) is 14.2 Å². The summed E-state index contributed by atoms with van der Waals surface area (Å²) in [7, 11) is 4.61. The van der Waals surface area contributed by atoms with Gasteiger partial charge in [0.05, 0.1) is 21.3 Å². The predicted octanol–water partition coefficient (Wildman–Crippen LogP) is 4.46. The highest BCUT2D eigenvalue weighted by molar-refractivity contribution is 7.24. The van der Waals surface area contributed by atoms with Crippen LogP contribution in [-0.4, -0.2) is 30.9 Å². The fraction of sp³-hybridized carbons (Fsp3) is 0.292. The Labute approximate surface area is 188 Å². The lowest BCUT2D eigenvalue weighted by atomic mass is 10.1. The molecule has 2 aromatic heterocycles. The smallest absolute Gasteiger partial charge is 0.266 e. The standard InChI is InChI=1S/C24H24N2O5S/c1-5-6-11-26-22(14-12-16(29-2)21(31-4)17(13-14)30-3)25-23-19(24(26)28)20(27)15-9-7-8-10-18(15)32-23/h7-10,12-13H,5-6,11H2,1-4H3. The number of unbranched alkanes of at least 4 members (excludes halogenated alkanes) is 1. The Bertz CT molecular complexity index is 1400. The number of methoxy groups -OCH3 is 3. The highest BCUT2D eigenvalue weighted by Crippen LogP contribution is 2.41. The second kappa shape index (κ2) is 9.00. The third-order valence-electron chi connectivity index (χ3n) is 5.36. The van der Waals surface area contributed by atoms with Crippen molar-refractivity contribution in [2.75, 3.05) is 21.3 Å². The van der Waals surface area contributed by atoms with Gasteiger partial charge in [-0.1, -0.05) is 25.5 Å². The molecule has 0 N–H and O–H groups in total. The molecule has 0 fully saturated rings. The Morgan fingerprint density at radius 3 is 2.31 bits per heavy atom. The van der Waals surface area contributed by atoms with Gasteiger partial charge in [0.2, 0.25) is 11.2 Å². The molecular formula is C24H24N2O5S. The predicted molar refractivity (Wildman–Crippen MR) is 128 cm³/mol. The van der Waals surface area contributed by atoms with Crippen molar-refractivity contribution in [1.29, 1.82) is 0 Å². The van der Waals surface area contributed by atoms with Crippen LogP contribution in [-0.2, 0) is 6.54 Å². The van der Waals surface area contributed by atoms with Crippen molar-refractivity contribution in [3.8, 4) is 28.6 Å². The summed E-state index contributed by atoms with van der Waals surface area (Å²) in [6.07, 6.45) is 1.67. The molecule has 0 saturated heterocycles.